The van der Waals surface area contributed by atoms with E-state index in [9.17, 15) is 4.79 Å². The lowest BCUT2D eigenvalue weighted by atomic mass is 10.0. The number of benzene rings is 3. The van der Waals surface area contributed by atoms with Crippen LogP contribution in [-0.4, -0.2) is 50.4 Å². The molecule has 5 aromatic rings. The lowest BCUT2D eigenvalue weighted by Gasteiger charge is -2.33. The number of hydrogen-bond acceptors (Lipinski definition) is 8. The van der Waals surface area contributed by atoms with E-state index in [-0.39, 0.29) is 18.7 Å². The first-order valence-corrected chi connectivity index (χ1v) is 13.1. The van der Waals surface area contributed by atoms with Crippen molar-refractivity contribution in [2.75, 3.05) is 25.6 Å². The molecule has 10 heteroatoms. The third-order valence-corrected chi connectivity index (χ3v) is 7.27. The number of para-hydroxylation sites is 1. The maximum Gasteiger partial charge on any atom is 0.254 e. The predicted molar refractivity (Wildman–Crippen MR) is 148 cm³/mol. The van der Waals surface area contributed by atoms with E-state index in [4.69, 9.17) is 25.0 Å². The maximum atomic E-state index is 13.4. The van der Waals surface area contributed by atoms with Gasteiger partial charge in [-0.25, -0.2) is 14.6 Å². The number of piperidine rings is 1. The molecule has 10 nitrogen and oxygen atoms in total. The molecule has 1 atom stereocenters. The van der Waals surface area contributed by atoms with Crippen LogP contribution < -0.4 is 19.9 Å². The average molecular weight is 535 g/mol. The Morgan fingerprint density at radius 1 is 0.950 bits per heavy atom. The van der Waals surface area contributed by atoms with E-state index in [2.05, 4.69) is 9.97 Å². The van der Waals surface area contributed by atoms with Crippen LogP contribution in [0.5, 0.6) is 23.0 Å². The Kier molecular flexibility index (Phi) is 5.92. The molecule has 0 saturated carbocycles. The van der Waals surface area contributed by atoms with Gasteiger partial charge in [-0.2, -0.15) is 5.10 Å². The molecule has 7 rings (SSSR count). The zero-order chi connectivity index (χ0) is 27.1. The van der Waals surface area contributed by atoms with E-state index < -0.39 is 0 Å². The molecule has 0 aliphatic carbocycles. The summed E-state index contributed by atoms with van der Waals surface area (Å²) in [6.07, 6.45) is 3.15. The molecule has 0 unspecified atom stereocenters. The number of carbonyl (C=O) groups excluding carboxylic acids is 1. The van der Waals surface area contributed by atoms with Gasteiger partial charge in [0.25, 0.3) is 5.91 Å². The van der Waals surface area contributed by atoms with Crippen molar-refractivity contribution in [1.29, 1.82) is 0 Å². The Morgan fingerprint density at radius 2 is 1.75 bits per heavy atom. The second-order valence-electron chi connectivity index (χ2n) is 9.81. The molecule has 2 aliphatic heterocycles. The monoisotopic (exact) mass is 534 g/mol. The Labute approximate surface area is 229 Å². The van der Waals surface area contributed by atoms with E-state index in [0.717, 1.165) is 24.2 Å². The van der Waals surface area contributed by atoms with Crippen LogP contribution in [0.2, 0.25) is 0 Å². The number of nitrogen functional groups attached to an aromatic ring is 1. The van der Waals surface area contributed by atoms with Gasteiger partial charge >= 0.3 is 0 Å². The molecule has 2 N–H and O–H groups in total. The van der Waals surface area contributed by atoms with Crippen LogP contribution in [0.15, 0.2) is 79.1 Å². The Morgan fingerprint density at radius 3 is 2.60 bits per heavy atom. The molecule has 1 amide bonds. The number of carbonyl (C=O) groups is 1. The van der Waals surface area contributed by atoms with E-state index in [1.807, 2.05) is 64.2 Å². The highest BCUT2D eigenvalue weighted by Gasteiger charge is 2.30. The van der Waals surface area contributed by atoms with Crippen molar-refractivity contribution in [2.45, 2.75) is 18.9 Å². The third-order valence-electron chi connectivity index (χ3n) is 7.27. The highest BCUT2D eigenvalue weighted by molar-refractivity contribution is 5.98. The van der Waals surface area contributed by atoms with Crippen LogP contribution in [0.4, 0.5) is 5.82 Å². The summed E-state index contributed by atoms with van der Waals surface area (Å²) >= 11 is 0. The van der Waals surface area contributed by atoms with E-state index in [1.54, 1.807) is 18.2 Å². The van der Waals surface area contributed by atoms with Crippen LogP contribution in [0, 0.1) is 0 Å². The van der Waals surface area contributed by atoms with Gasteiger partial charge in [-0.3, -0.25) is 4.79 Å². The standard InChI is InChI=1S/C30H26N6O4/c31-28-26-27(19-8-11-23(12-9-19)40-22-6-2-1-3-7-22)34-36(29(26)33-17-32-28)21-5-4-14-35(16-21)30(37)20-10-13-24-25(15-20)39-18-38-24/h1-3,6-13,15,17,21H,4-5,14,16,18H2,(H2,31,32,33)/t21-/m1/s1. The number of nitrogens with two attached hydrogens (primary N) is 1. The fraction of sp³-hybridized carbons (Fsp3) is 0.200. The van der Waals surface area contributed by atoms with E-state index in [1.165, 1.54) is 6.33 Å². The quantitative estimate of drug-likeness (QED) is 0.332. The Bertz CT molecular complexity index is 1700. The second-order valence-corrected chi connectivity index (χ2v) is 9.81. The largest absolute Gasteiger partial charge is 0.457 e. The maximum absolute atomic E-state index is 13.4. The van der Waals surface area contributed by atoms with Crippen LogP contribution in [0.3, 0.4) is 0 Å². The number of anilines is 1. The molecule has 4 heterocycles. The average Bonchev–Trinajstić information content (AvgIpc) is 3.63. The first-order chi connectivity index (χ1) is 19.6. The normalized spacial score (nSPS) is 16.3. The molecular weight excluding hydrogens is 508 g/mol. The molecule has 1 saturated heterocycles. The molecule has 40 heavy (non-hydrogen) atoms. The van der Waals surface area contributed by atoms with Gasteiger partial charge in [-0.05, 0) is 67.4 Å². The van der Waals surface area contributed by atoms with Gasteiger partial charge in [-0.15, -0.1) is 0 Å². The number of likely N-dealkylation sites (tertiary alicyclic amines) is 1. The summed E-state index contributed by atoms with van der Waals surface area (Å²) < 4.78 is 18.7. The summed E-state index contributed by atoms with van der Waals surface area (Å²) in [4.78, 5) is 24.1. The van der Waals surface area contributed by atoms with Crippen molar-refractivity contribution >= 4 is 22.8 Å². The van der Waals surface area contributed by atoms with Gasteiger partial charge in [0, 0.05) is 24.2 Å². The van der Waals surface area contributed by atoms with Gasteiger partial charge in [0.15, 0.2) is 17.1 Å². The van der Waals surface area contributed by atoms with Crippen molar-refractivity contribution in [3.05, 3.63) is 84.7 Å². The summed E-state index contributed by atoms with van der Waals surface area (Å²) in [5, 5.41) is 5.68. The van der Waals surface area contributed by atoms with Crippen molar-refractivity contribution in [3.63, 3.8) is 0 Å². The number of hydrogen-bond donors (Lipinski definition) is 1. The van der Waals surface area contributed by atoms with E-state index >= 15 is 0 Å². The van der Waals surface area contributed by atoms with E-state index in [0.29, 0.717) is 58.4 Å². The molecule has 200 valence electrons. The minimum Gasteiger partial charge on any atom is -0.457 e. The lowest BCUT2D eigenvalue weighted by molar-refractivity contribution is 0.0674. The van der Waals surface area contributed by atoms with Crippen molar-refractivity contribution in [3.8, 4) is 34.3 Å². The predicted octanol–water partition coefficient (Wildman–Crippen LogP) is 5.07. The number of aromatic nitrogens is 4. The van der Waals surface area contributed by atoms with Crippen LogP contribution >= 0.6 is 0 Å². The number of nitrogens with zero attached hydrogens (tertiary/aromatic N) is 5. The fourth-order valence-corrected chi connectivity index (χ4v) is 5.31. The van der Waals surface area contributed by atoms with Gasteiger partial charge in [0.05, 0.1) is 11.4 Å². The van der Waals surface area contributed by atoms with Crippen LogP contribution in [0.1, 0.15) is 29.2 Å². The topological polar surface area (TPSA) is 118 Å². The molecule has 0 spiro atoms. The second kappa shape index (κ2) is 9.88. The Hall–Kier alpha value is -5.12. The number of ether oxygens (including phenoxy) is 3. The summed E-state index contributed by atoms with van der Waals surface area (Å²) in [6, 6.07) is 22.6. The Balaban J connectivity index is 1.18. The highest BCUT2D eigenvalue weighted by atomic mass is 16.7. The summed E-state index contributed by atoms with van der Waals surface area (Å²) in [5.74, 6) is 3.03. The van der Waals surface area contributed by atoms with Crippen LogP contribution in [0.25, 0.3) is 22.3 Å². The summed E-state index contributed by atoms with van der Waals surface area (Å²) in [5.41, 5.74) is 9.13. The molecule has 2 aliphatic rings. The lowest BCUT2D eigenvalue weighted by Crippen LogP contribution is -2.41. The van der Waals surface area contributed by atoms with Gasteiger partial charge < -0.3 is 24.8 Å². The first kappa shape index (κ1) is 24.0. The number of fused-ring (bicyclic) bond motifs is 2. The van der Waals surface area contributed by atoms with Crippen LogP contribution in [-0.2, 0) is 0 Å². The molecule has 3 aromatic carbocycles. The number of amides is 1. The minimum atomic E-state index is -0.0713. The molecule has 0 radical (unpaired) electrons. The van der Waals surface area contributed by atoms with Gasteiger partial charge in [-0.1, -0.05) is 18.2 Å². The van der Waals surface area contributed by atoms with Gasteiger partial charge in [0.1, 0.15) is 29.3 Å². The van der Waals surface area contributed by atoms with Crippen molar-refractivity contribution < 1.29 is 19.0 Å². The summed E-state index contributed by atoms with van der Waals surface area (Å²) in [7, 11) is 0. The zero-order valence-electron chi connectivity index (χ0n) is 21.6. The number of rotatable bonds is 5. The summed E-state index contributed by atoms with van der Waals surface area (Å²) in [6.45, 7) is 1.33. The van der Waals surface area contributed by atoms with Crippen molar-refractivity contribution in [2.24, 2.45) is 0 Å². The fourth-order valence-electron chi connectivity index (χ4n) is 5.31. The highest BCUT2D eigenvalue weighted by Crippen LogP contribution is 2.36. The first-order valence-electron chi connectivity index (χ1n) is 13.1. The molecular formula is C30H26N6O4. The zero-order valence-corrected chi connectivity index (χ0v) is 21.6. The molecule has 0 bridgehead atoms. The third kappa shape index (κ3) is 4.33. The molecule has 1 fully saturated rings. The molecule has 2 aromatic heterocycles. The smallest absolute Gasteiger partial charge is 0.254 e. The van der Waals surface area contributed by atoms with Crippen molar-refractivity contribution in [1.82, 2.24) is 24.6 Å². The minimum absolute atomic E-state index is 0.0529. The SMILES string of the molecule is Nc1ncnc2c1c(-c1ccc(Oc3ccccc3)cc1)nn2[C@@H]1CCCN(C(=O)c2ccc3c(c2)OCO3)C1. The van der Waals surface area contributed by atoms with Gasteiger partial charge in [0.2, 0.25) is 6.79 Å².